The average molecular weight is 260 g/mol. The van der Waals surface area contributed by atoms with Crippen molar-refractivity contribution in [1.82, 2.24) is 0 Å². The summed E-state index contributed by atoms with van der Waals surface area (Å²) < 4.78 is 5.07. The number of thiophene rings is 1. The molecule has 0 atom stereocenters. The SMILES string of the molecule is CCOC(=O)c1cscc1-c1ccc(C)c(C)c1. The summed E-state index contributed by atoms with van der Waals surface area (Å²) in [7, 11) is 0. The average Bonchev–Trinajstić information content (AvgIpc) is 2.82. The van der Waals surface area contributed by atoms with Crippen LogP contribution in [0, 0.1) is 13.8 Å². The Labute approximate surface area is 111 Å². The van der Waals surface area contributed by atoms with E-state index in [-0.39, 0.29) is 5.97 Å². The normalized spacial score (nSPS) is 10.4. The van der Waals surface area contributed by atoms with Crippen molar-refractivity contribution in [2.45, 2.75) is 20.8 Å². The van der Waals surface area contributed by atoms with Crippen molar-refractivity contribution in [3.63, 3.8) is 0 Å². The van der Waals surface area contributed by atoms with E-state index >= 15 is 0 Å². The summed E-state index contributed by atoms with van der Waals surface area (Å²) in [5.41, 5.74) is 5.18. The van der Waals surface area contributed by atoms with Crippen LogP contribution in [0.15, 0.2) is 29.0 Å². The van der Waals surface area contributed by atoms with Gasteiger partial charge in [0.2, 0.25) is 0 Å². The Morgan fingerprint density at radius 3 is 2.67 bits per heavy atom. The lowest BCUT2D eigenvalue weighted by atomic mass is 10.00. The van der Waals surface area contributed by atoms with Crippen molar-refractivity contribution in [3.05, 3.63) is 45.6 Å². The van der Waals surface area contributed by atoms with Gasteiger partial charge in [0.1, 0.15) is 0 Å². The fourth-order valence-corrected chi connectivity index (χ4v) is 2.62. The monoisotopic (exact) mass is 260 g/mol. The number of hydrogen-bond donors (Lipinski definition) is 0. The molecule has 0 aliphatic carbocycles. The molecule has 0 radical (unpaired) electrons. The summed E-state index contributed by atoms with van der Waals surface area (Å²) >= 11 is 1.52. The molecule has 18 heavy (non-hydrogen) atoms. The van der Waals surface area contributed by atoms with E-state index in [4.69, 9.17) is 4.74 Å². The second-order valence-electron chi connectivity index (χ2n) is 4.22. The molecule has 0 saturated carbocycles. The zero-order chi connectivity index (χ0) is 13.1. The molecule has 0 aliphatic heterocycles. The molecule has 2 rings (SSSR count). The third-order valence-electron chi connectivity index (χ3n) is 2.98. The topological polar surface area (TPSA) is 26.3 Å². The van der Waals surface area contributed by atoms with Crippen molar-refractivity contribution in [1.29, 1.82) is 0 Å². The number of aryl methyl sites for hydroxylation is 2. The van der Waals surface area contributed by atoms with Gasteiger partial charge in [-0.1, -0.05) is 18.2 Å². The van der Waals surface area contributed by atoms with Crippen molar-refractivity contribution < 1.29 is 9.53 Å². The second kappa shape index (κ2) is 5.36. The number of carbonyl (C=O) groups is 1. The number of carbonyl (C=O) groups excluding carboxylic acids is 1. The van der Waals surface area contributed by atoms with Crippen LogP contribution in [0.1, 0.15) is 28.4 Å². The Morgan fingerprint density at radius 2 is 2.00 bits per heavy atom. The number of ether oxygens (including phenoxy) is 1. The second-order valence-corrected chi connectivity index (χ2v) is 4.96. The largest absolute Gasteiger partial charge is 0.462 e. The van der Waals surface area contributed by atoms with E-state index < -0.39 is 0 Å². The maximum atomic E-state index is 11.8. The van der Waals surface area contributed by atoms with Gasteiger partial charge in [-0.15, -0.1) is 0 Å². The quantitative estimate of drug-likeness (QED) is 0.773. The van der Waals surface area contributed by atoms with E-state index in [1.54, 1.807) is 0 Å². The van der Waals surface area contributed by atoms with Crippen LogP contribution >= 0.6 is 11.3 Å². The zero-order valence-electron chi connectivity index (χ0n) is 10.8. The summed E-state index contributed by atoms with van der Waals surface area (Å²) in [6.07, 6.45) is 0. The molecule has 0 N–H and O–H groups in total. The van der Waals surface area contributed by atoms with Crippen molar-refractivity contribution in [2.24, 2.45) is 0 Å². The molecule has 1 aromatic heterocycles. The highest BCUT2D eigenvalue weighted by Gasteiger charge is 2.15. The molecule has 3 heteroatoms. The minimum absolute atomic E-state index is 0.244. The fraction of sp³-hybridized carbons (Fsp3) is 0.267. The van der Waals surface area contributed by atoms with E-state index in [0.717, 1.165) is 11.1 Å². The zero-order valence-corrected chi connectivity index (χ0v) is 11.6. The molecule has 0 bridgehead atoms. The van der Waals surface area contributed by atoms with Gasteiger partial charge in [-0.3, -0.25) is 0 Å². The maximum absolute atomic E-state index is 11.8. The Balaban J connectivity index is 2.42. The predicted octanol–water partition coefficient (Wildman–Crippen LogP) is 4.21. The molecule has 0 amide bonds. The predicted molar refractivity (Wildman–Crippen MR) is 75.2 cm³/mol. The van der Waals surface area contributed by atoms with Gasteiger partial charge in [-0.2, -0.15) is 11.3 Å². The molecule has 94 valence electrons. The van der Waals surface area contributed by atoms with Crippen LogP contribution in [0.4, 0.5) is 0 Å². The van der Waals surface area contributed by atoms with E-state index in [1.807, 2.05) is 23.8 Å². The first kappa shape index (κ1) is 12.8. The van der Waals surface area contributed by atoms with Gasteiger partial charge in [-0.25, -0.2) is 4.79 Å². The summed E-state index contributed by atoms with van der Waals surface area (Å²) in [6.45, 7) is 6.38. The third-order valence-corrected chi connectivity index (χ3v) is 3.72. The van der Waals surface area contributed by atoms with Gasteiger partial charge in [0, 0.05) is 10.9 Å². The van der Waals surface area contributed by atoms with E-state index in [0.29, 0.717) is 12.2 Å². The number of esters is 1. The first-order chi connectivity index (χ1) is 8.63. The Morgan fingerprint density at radius 1 is 1.22 bits per heavy atom. The van der Waals surface area contributed by atoms with Gasteiger partial charge in [0.05, 0.1) is 12.2 Å². The summed E-state index contributed by atoms with van der Waals surface area (Å²) in [4.78, 5) is 11.8. The molecule has 0 spiro atoms. The lowest BCUT2D eigenvalue weighted by Gasteiger charge is -2.06. The van der Waals surface area contributed by atoms with Crippen LogP contribution in [0.25, 0.3) is 11.1 Å². The summed E-state index contributed by atoms with van der Waals surface area (Å²) in [5, 5.41) is 3.85. The fourth-order valence-electron chi connectivity index (χ4n) is 1.80. The van der Waals surface area contributed by atoms with Crippen LogP contribution in [0.3, 0.4) is 0 Å². The Kier molecular flexibility index (Phi) is 3.82. The van der Waals surface area contributed by atoms with E-state index in [2.05, 4.69) is 26.0 Å². The molecular weight excluding hydrogens is 244 g/mol. The van der Waals surface area contributed by atoms with Gasteiger partial charge in [0.15, 0.2) is 0 Å². The lowest BCUT2D eigenvalue weighted by molar-refractivity contribution is 0.0528. The molecule has 0 fully saturated rings. The molecule has 1 heterocycles. The van der Waals surface area contributed by atoms with E-state index in [1.165, 1.54) is 22.5 Å². The highest BCUT2D eigenvalue weighted by molar-refractivity contribution is 7.08. The Hall–Kier alpha value is -1.61. The van der Waals surface area contributed by atoms with Gasteiger partial charge >= 0.3 is 5.97 Å². The van der Waals surface area contributed by atoms with Crippen LogP contribution in [-0.2, 0) is 4.74 Å². The number of rotatable bonds is 3. The van der Waals surface area contributed by atoms with Gasteiger partial charge in [-0.05, 0) is 42.8 Å². The van der Waals surface area contributed by atoms with E-state index in [9.17, 15) is 4.79 Å². The minimum Gasteiger partial charge on any atom is -0.462 e. The van der Waals surface area contributed by atoms with Gasteiger partial charge in [0.25, 0.3) is 0 Å². The van der Waals surface area contributed by atoms with Crippen molar-refractivity contribution in [3.8, 4) is 11.1 Å². The molecule has 1 aromatic carbocycles. The third kappa shape index (κ3) is 2.46. The highest BCUT2D eigenvalue weighted by atomic mass is 32.1. The standard InChI is InChI=1S/C15H16O2S/c1-4-17-15(16)14-9-18-8-13(14)12-6-5-10(2)11(3)7-12/h5-9H,4H2,1-3H3. The molecule has 2 aromatic rings. The van der Waals surface area contributed by atoms with Crippen molar-refractivity contribution >= 4 is 17.3 Å². The molecule has 2 nitrogen and oxygen atoms in total. The first-order valence-electron chi connectivity index (χ1n) is 5.94. The summed E-state index contributed by atoms with van der Waals surface area (Å²) in [6, 6.07) is 6.24. The van der Waals surface area contributed by atoms with Crippen LogP contribution in [-0.4, -0.2) is 12.6 Å². The molecule has 0 saturated heterocycles. The number of hydrogen-bond acceptors (Lipinski definition) is 3. The highest BCUT2D eigenvalue weighted by Crippen LogP contribution is 2.29. The lowest BCUT2D eigenvalue weighted by Crippen LogP contribution is -2.04. The van der Waals surface area contributed by atoms with Crippen LogP contribution < -0.4 is 0 Å². The maximum Gasteiger partial charge on any atom is 0.339 e. The first-order valence-corrected chi connectivity index (χ1v) is 6.88. The summed E-state index contributed by atoms with van der Waals surface area (Å²) in [5.74, 6) is -0.244. The van der Waals surface area contributed by atoms with Crippen molar-refractivity contribution in [2.75, 3.05) is 6.61 Å². The van der Waals surface area contributed by atoms with Crippen LogP contribution in [0.2, 0.25) is 0 Å². The van der Waals surface area contributed by atoms with Crippen LogP contribution in [0.5, 0.6) is 0 Å². The number of benzene rings is 1. The Bertz CT molecular complexity index is 570. The minimum atomic E-state index is -0.244. The van der Waals surface area contributed by atoms with Gasteiger partial charge < -0.3 is 4.74 Å². The molecule has 0 unspecified atom stereocenters. The smallest absolute Gasteiger partial charge is 0.339 e. The molecule has 0 aliphatic rings. The molecular formula is C15H16O2S.